The first-order valence-corrected chi connectivity index (χ1v) is 7.88. The van der Waals surface area contributed by atoms with Crippen molar-refractivity contribution in [3.8, 4) is 0 Å². The number of hydrogen-bond donors (Lipinski definition) is 1. The van der Waals surface area contributed by atoms with E-state index in [0.29, 0.717) is 23.6 Å². The van der Waals surface area contributed by atoms with Gasteiger partial charge < -0.3 is 10.2 Å². The highest BCUT2D eigenvalue weighted by Gasteiger charge is 2.45. The lowest BCUT2D eigenvalue weighted by Gasteiger charge is -2.21. The molecule has 0 radical (unpaired) electrons. The minimum atomic E-state index is -0.224. The van der Waals surface area contributed by atoms with Crippen molar-refractivity contribution in [1.29, 1.82) is 0 Å². The molecule has 1 aliphatic rings. The van der Waals surface area contributed by atoms with Gasteiger partial charge in [0.1, 0.15) is 5.02 Å². The predicted octanol–water partition coefficient (Wildman–Crippen LogP) is 2.31. The molecule has 0 spiro atoms. The molecule has 1 aromatic heterocycles. The topological polar surface area (TPSA) is 50.2 Å². The average molecular weight is 313 g/mol. The van der Waals surface area contributed by atoms with Crippen LogP contribution in [0.25, 0.3) is 0 Å². The van der Waals surface area contributed by atoms with Gasteiger partial charge in [0.05, 0.1) is 18.4 Å². The Kier molecular flexibility index (Phi) is 4.94. The summed E-state index contributed by atoms with van der Waals surface area (Å²) in [7, 11) is 3.92. The molecule has 1 aromatic rings. The molecule has 1 fully saturated rings. The van der Waals surface area contributed by atoms with Gasteiger partial charge >= 0.3 is 0 Å². The first-order chi connectivity index (χ1) is 9.85. The number of nitrogens with zero attached hydrogens (tertiary/aromatic N) is 3. The van der Waals surface area contributed by atoms with E-state index in [4.69, 9.17) is 11.6 Å². The first-order valence-electron chi connectivity index (χ1n) is 7.50. The highest BCUT2D eigenvalue weighted by atomic mass is 35.5. The summed E-state index contributed by atoms with van der Waals surface area (Å²) in [4.78, 5) is 14.2. The lowest BCUT2D eigenvalue weighted by Crippen LogP contribution is -2.30. The molecule has 1 saturated carbocycles. The van der Waals surface area contributed by atoms with Gasteiger partial charge in [0, 0.05) is 13.1 Å². The molecule has 0 bridgehead atoms. The van der Waals surface area contributed by atoms with Crippen molar-refractivity contribution in [3.63, 3.8) is 0 Å². The summed E-state index contributed by atoms with van der Waals surface area (Å²) in [5.41, 5.74) is 0.788. The number of likely N-dealkylation sites (N-methyl/N-ethyl adjacent to an activating group) is 1. The smallest absolute Gasteiger partial charge is 0.287 e. The molecule has 21 heavy (non-hydrogen) atoms. The second kappa shape index (κ2) is 6.36. The zero-order chi connectivity index (χ0) is 15.6. The lowest BCUT2D eigenvalue weighted by atomic mass is 9.92. The van der Waals surface area contributed by atoms with E-state index in [1.807, 2.05) is 19.0 Å². The van der Waals surface area contributed by atoms with Crippen molar-refractivity contribution < 1.29 is 0 Å². The zero-order valence-corrected chi connectivity index (χ0v) is 14.1. The Labute approximate surface area is 131 Å². The van der Waals surface area contributed by atoms with Crippen LogP contribution < -0.4 is 10.9 Å². The maximum absolute atomic E-state index is 12.2. The molecule has 1 N–H and O–H groups in total. The van der Waals surface area contributed by atoms with Crippen molar-refractivity contribution in [2.24, 2.45) is 11.3 Å². The van der Waals surface area contributed by atoms with Gasteiger partial charge in [-0.15, -0.1) is 0 Å². The monoisotopic (exact) mass is 312 g/mol. The third-order valence-corrected chi connectivity index (χ3v) is 4.86. The number of halogens is 1. The molecule has 0 unspecified atom stereocenters. The molecular weight excluding hydrogens is 288 g/mol. The lowest BCUT2D eigenvalue weighted by molar-refractivity contribution is 0.367. The van der Waals surface area contributed by atoms with Crippen molar-refractivity contribution in [3.05, 3.63) is 21.6 Å². The van der Waals surface area contributed by atoms with Gasteiger partial charge in [-0.3, -0.25) is 4.79 Å². The summed E-state index contributed by atoms with van der Waals surface area (Å²) in [6, 6.07) is 0. The Morgan fingerprint density at radius 3 is 2.67 bits per heavy atom. The van der Waals surface area contributed by atoms with E-state index in [0.717, 1.165) is 13.1 Å². The highest BCUT2D eigenvalue weighted by Crippen LogP contribution is 2.51. The largest absolute Gasteiger partial charge is 0.382 e. The number of rotatable bonds is 7. The second-order valence-electron chi connectivity index (χ2n) is 6.57. The summed E-state index contributed by atoms with van der Waals surface area (Å²) in [6.07, 6.45) is 4.14. The fraction of sp³-hybridized carbons (Fsp3) is 0.733. The van der Waals surface area contributed by atoms with Crippen LogP contribution >= 0.6 is 11.6 Å². The minimum absolute atomic E-state index is 0.224. The Hall–Kier alpha value is -1.07. The maximum Gasteiger partial charge on any atom is 0.287 e. The van der Waals surface area contributed by atoms with Gasteiger partial charge in [0.25, 0.3) is 5.56 Å². The van der Waals surface area contributed by atoms with Crippen LogP contribution in [0.4, 0.5) is 5.69 Å². The number of anilines is 1. The quantitative estimate of drug-likeness (QED) is 0.839. The van der Waals surface area contributed by atoms with Gasteiger partial charge in [-0.2, -0.15) is 5.10 Å². The van der Waals surface area contributed by atoms with Crippen molar-refractivity contribution in [1.82, 2.24) is 14.7 Å². The van der Waals surface area contributed by atoms with Gasteiger partial charge in [-0.25, -0.2) is 4.68 Å². The molecule has 118 valence electrons. The second-order valence-corrected chi connectivity index (χ2v) is 6.95. The predicted molar refractivity (Wildman–Crippen MR) is 87.1 cm³/mol. The van der Waals surface area contributed by atoms with Crippen LogP contribution in [0.15, 0.2) is 11.0 Å². The van der Waals surface area contributed by atoms with E-state index in [9.17, 15) is 4.79 Å². The number of nitrogens with one attached hydrogen (secondary N) is 1. The third kappa shape index (κ3) is 3.77. The average Bonchev–Trinajstić information content (AvgIpc) is 3.20. The Balaban J connectivity index is 2.05. The van der Waals surface area contributed by atoms with Crippen LogP contribution in [-0.2, 0) is 6.54 Å². The zero-order valence-electron chi connectivity index (χ0n) is 13.3. The Morgan fingerprint density at radius 1 is 1.48 bits per heavy atom. The molecule has 2 rings (SSSR count). The van der Waals surface area contributed by atoms with Crippen LogP contribution in [0, 0.1) is 11.3 Å². The van der Waals surface area contributed by atoms with Gasteiger partial charge in [0.15, 0.2) is 0 Å². The maximum atomic E-state index is 12.2. The van der Waals surface area contributed by atoms with Gasteiger partial charge in [-0.05, 0) is 38.3 Å². The fourth-order valence-corrected chi connectivity index (χ4v) is 2.65. The normalized spacial score (nSPS) is 16.5. The van der Waals surface area contributed by atoms with Crippen LogP contribution in [-0.4, -0.2) is 41.9 Å². The molecule has 1 heterocycles. The molecule has 0 atom stereocenters. The van der Waals surface area contributed by atoms with Gasteiger partial charge in [0.2, 0.25) is 0 Å². The molecule has 0 amide bonds. The number of aromatic nitrogens is 2. The van der Waals surface area contributed by atoms with E-state index < -0.39 is 0 Å². The minimum Gasteiger partial charge on any atom is -0.382 e. The van der Waals surface area contributed by atoms with Gasteiger partial charge in [-0.1, -0.05) is 25.4 Å². The van der Waals surface area contributed by atoms with Crippen LogP contribution in [0.3, 0.4) is 0 Å². The summed E-state index contributed by atoms with van der Waals surface area (Å²) >= 11 is 6.19. The Morgan fingerprint density at radius 2 is 2.14 bits per heavy atom. The third-order valence-electron chi connectivity index (χ3n) is 4.49. The highest BCUT2D eigenvalue weighted by molar-refractivity contribution is 6.32. The number of hydrogen-bond acceptors (Lipinski definition) is 4. The van der Waals surface area contributed by atoms with Crippen LogP contribution in [0.5, 0.6) is 0 Å². The molecule has 1 aliphatic carbocycles. The molecular formula is C15H25ClN4O. The van der Waals surface area contributed by atoms with Crippen LogP contribution in [0.1, 0.15) is 26.7 Å². The molecule has 6 heteroatoms. The van der Waals surface area contributed by atoms with E-state index in [1.165, 1.54) is 17.5 Å². The SMILES string of the molecule is CC(C)C1(CNc2cnn(CCN(C)C)c(=O)c2Cl)CC1. The van der Waals surface area contributed by atoms with E-state index in [-0.39, 0.29) is 10.6 Å². The Bertz CT molecular complexity index is 549. The van der Waals surface area contributed by atoms with Crippen LogP contribution in [0.2, 0.25) is 5.02 Å². The van der Waals surface area contributed by atoms with E-state index in [1.54, 1.807) is 6.20 Å². The molecule has 0 aliphatic heterocycles. The van der Waals surface area contributed by atoms with E-state index >= 15 is 0 Å². The molecule has 0 aromatic carbocycles. The van der Waals surface area contributed by atoms with Crippen molar-refractivity contribution >= 4 is 17.3 Å². The fourth-order valence-electron chi connectivity index (χ4n) is 2.43. The standard InChI is InChI=1S/C15H25ClN4O/c1-11(2)15(5-6-15)10-17-12-9-18-20(8-7-19(3)4)14(21)13(12)16/h9,11,17H,5-8,10H2,1-4H3. The molecule has 0 saturated heterocycles. The molecule has 5 nitrogen and oxygen atoms in total. The summed E-state index contributed by atoms with van der Waals surface area (Å²) < 4.78 is 1.42. The summed E-state index contributed by atoms with van der Waals surface area (Å²) in [6.45, 7) is 6.64. The van der Waals surface area contributed by atoms with Crippen molar-refractivity contribution in [2.75, 3.05) is 32.5 Å². The van der Waals surface area contributed by atoms with Crippen molar-refractivity contribution in [2.45, 2.75) is 33.2 Å². The first kappa shape index (κ1) is 16.3. The summed E-state index contributed by atoms with van der Waals surface area (Å²) in [5.74, 6) is 0.636. The van der Waals surface area contributed by atoms with E-state index in [2.05, 4.69) is 24.3 Å². The summed E-state index contributed by atoms with van der Waals surface area (Å²) in [5, 5.41) is 7.76.